The van der Waals surface area contributed by atoms with Crippen molar-refractivity contribution in [2.24, 2.45) is 0 Å². The number of rotatable bonds is 7. The lowest BCUT2D eigenvalue weighted by Gasteiger charge is -2.02. The van der Waals surface area contributed by atoms with Gasteiger partial charge in [0, 0.05) is 21.3 Å². The number of carbonyl (C=O) groups is 1. The molecule has 3 aromatic rings. The number of hydrogen-bond acceptors (Lipinski definition) is 4. The molecule has 0 unspecified atom stereocenters. The van der Waals surface area contributed by atoms with E-state index in [-0.39, 0.29) is 17.4 Å². The third kappa shape index (κ3) is 5.04. The molecule has 0 aliphatic carbocycles. The third-order valence-corrected chi connectivity index (χ3v) is 5.95. The molecule has 0 saturated heterocycles. The van der Waals surface area contributed by atoms with E-state index in [4.69, 9.17) is 16.0 Å². The van der Waals surface area contributed by atoms with Crippen LogP contribution in [0.5, 0.6) is 0 Å². The molecule has 0 bridgehead atoms. The van der Waals surface area contributed by atoms with Crippen LogP contribution >= 0.6 is 22.9 Å². The molecule has 1 atom stereocenters. The fraction of sp³-hybridized carbons (Fsp3) is 0.167. The average Bonchev–Trinajstić information content (AvgIpc) is 3.26. The highest BCUT2D eigenvalue weighted by atomic mass is 35.5. The van der Waals surface area contributed by atoms with E-state index in [0.29, 0.717) is 22.2 Å². The molecule has 3 rings (SSSR count). The molecule has 1 N–H and O–H groups in total. The standard InChI is InChI=1S/C18H16ClNO3S2/c19-13-3-1-5-16(11-13)25(22)12-14-6-7-17(23-14)18(21)20-9-8-15-4-2-10-24-15/h1-7,10-11H,8-9,12H2,(H,20,21)/t25-/m1/s1. The van der Waals surface area contributed by atoms with Crippen molar-refractivity contribution >= 4 is 39.6 Å². The molecule has 0 aliphatic rings. The molecule has 0 saturated carbocycles. The van der Waals surface area contributed by atoms with Gasteiger partial charge in [-0.25, -0.2) is 0 Å². The van der Waals surface area contributed by atoms with Crippen LogP contribution in [-0.2, 0) is 23.0 Å². The molecule has 2 aromatic heterocycles. The van der Waals surface area contributed by atoms with E-state index in [9.17, 15) is 9.00 Å². The maximum Gasteiger partial charge on any atom is 0.287 e. The third-order valence-electron chi connectivity index (χ3n) is 3.45. The van der Waals surface area contributed by atoms with E-state index in [1.165, 1.54) is 4.88 Å². The summed E-state index contributed by atoms with van der Waals surface area (Å²) in [6, 6.07) is 14.2. The minimum absolute atomic E-state index is 0.197. The first-order valence-electron chi connectivity index (χ1n) is 7.65. The Morgan fingerprint density at radius 1 is 1.20 bits per heavy atom. The lowest BCUT2D eigenvalue weighted by molar-refractivity contribution is 0.0925. The summed E-state index contributed by atoms with van der Waals surface area (Å²) in [7, 11) is -1.28. The Bertz CT molecular complexity index is 874. The lowest BCUT2D eigenvalue weighted by atomic mass is 10.3. The van der Waals surface area contributed by atoms with E-state index >= 15 is 0 Å². The van der Waals surface area contributed by atoms with Gasteiger partial charge < -0.3 is 9.73 Å². The van der Waals surface area contributed by atoms with Crippen LogP contribution in [0.3, 0.4) is 0 Å². The fourth-order valence-electron chi connectivity index (χ4n) is 2.24. The SMILES string of the molecule is O=C(NCCc1cccs1)c1ccc(C[S@@](=O)c2cccc(Cl)c2)o1. The number of halogens is 1. The predicted octanol–water partition coefficient (Wildman–Crippen LogP) is 4.27. The second kappa shape index (κ2) is 8.47. The molecule has 0 radical (unpaired) electrons. The Morgan fingerprint density at radius 2 is 2.08 bits per heavy atom. The number of carbonyl (C=O) groups excluding carboxylic acids is 1. The van der Waals surface area contributed by atoms with Gasteiger partial charge in [-0.2, -0.15) is 0 Å². The largest absolute Gasteiger partial charge is 0.455 e. The van der Waals surface area contributed by atoms with E-state index < -0.39 is 10.8 Å². The minimum Gasteiger partial charge on any atom is -0.455 e. The number of hydrogen-bond donors (Lipinski definition) is 1. The quantitative estimate of drug-likeness (QED) is 0.651. The van der Waals surface area contributed by atoms with Crippen LogP contribution in [0.25, 0.3) is 0 Å². The zero-order valence-corrected chi connectivity index (χ0v) is 15.6. The maximum atomic E-state index is 12.3. The van der Waals surface area contributed by atoms with Gasteiger partial charge in [-0.1, -0.05) is 23.7 Å². The molecule has 0 aliphatic heterocycles. The molecule has 7 heteroatoms. The smallest absolute Gasteiger partial charge is 0.287 e. The van der Waals surface area contributed by atoms with Crippen LogP contribution in [0.2, 0.25) is 5.02 Å². The van der Waals surface area contributed by atoms with Crippen molar-refractivity contribution in [3.05, 3.63) is 75.3 Å². The van der Waals surface area contributed by atoms with Crippen LogP contribution in [0, 0.1) is 0 Å². The Kier molecular flexibility index (Phi) is 6.07. The summed E-state index contributed by atoms with van der Waals surface area (Å²) in [6.45, 7) is 0.545. The Hall–Kier alpha value is -1.89. The van der Waals surface area contributed by atoms with E-state index in [1.807, 2.05) is 17.5 Å². The predicted molar refractivity (Wildman–Crippen MR) is 101 cm³/mol. The lowest BCUT2D eigenvalue weighted by Crippen LogP contribution is -2.25. The molecular weight excluding hydrogens is 378 g/mol. The van der Waals surface area contributed by atoms with Crippen LogP contribution in [0.1, 0.15) is 21.2 Å². The molecule has 4 nitrogen and oxygen atoms in total. The summed E-state index contributed by atoms with van der Waals surface area (Å²) in [4.78, 5) is 13.9. The van der Waals surface area contributed by atoms with E-state index in [1.54, 1.807) is 47.7 Å². The van der Waals surface area contributed by atoms with Crippen molar-refractivity contribution in [1.29, 1.82) is 0 Å². The minimum atomic E-state index is -1.28. The first-order valence-corrected chi connectivity index (χ1v) is 10.2. The molecule has 0 spiro atoms. The van der Waals surface area contributed by atoms with E-state index in [0.717, 1.165) is 6.42 Å². The molecule has 2 heterocycles. The highest BCUT2D eigenvalue weighted by Gasteiger charge is 2.13. The van der Waals surface area contributed by atoms with Gasteiger partial charge in [0.15, 0.2) is 5.76 Å². The van der Waals surface area contributed by atoms with Crippen molar-refractivity contribution in [2.45, 2.75) is 17.1 Å². The number of benzene rings is 1. The van der Waals surface area contributed by atoms with Crippen LogP contribution in [0.4, 0.5) is 0 Å². The van der Waals surface area contributed by atoms with Crippen molar-refractivity contribution in [3.8, 4) is 0 Å². The first-order chi connectivity index (χ1) is 12.1. The number of amides is 1. The zero-order valence-electron chi connectivity index (χ0n) is 13.2. The van der Waals surface area contributed by atoms with Gasteiger partial charge >= 0.3 is 0 Å². The van der Waals surface area contributed by atoms with Gasteiger partial charge in [0.05, 0.1) is 16.6 Å². The Morgan fingerprint density at radius 3 is 2.84 bits per heavy atom. The van der Waals surface area contributed by atoms with E-state index in [2.05, 4.69) is 5.32 Å². The zero-order chi connectivity index (χ0) is 17.6. The molecule has 130 valence electrons. The Labute approximate surface area is 157 Å². The Balaban J connectivity index is 1.54. The highest BCUT2D eigenvalue weighted by Crippen LogP contribution is 2.18. The van der Waals surface area contributed by atoms with Gasteiger partial charge in [0.2, 0.25) is 0 Å². The molecular formula is C18H16ClNO3S2. The summed E-state index contributed by atoms with van der Waals surface area (Å²) >= 11 is 7.58. The second-order valence-electron chi connectivity index (χ2n) is 5.30. The number of thiophene rings is 1. The molecule has 1 aromatic carbocycles. The van der Waals surface area contributed by atoms with Crippen molar-refractivity contribution in [3.63, 3.8) is 0 Å². The monoisotopic (exact) mass is 393 g/mol. The van der Waals surface area contributed by atoms with Crippen molar-refractivity contribution < 1.29 is 13.4 Å². The molecule has 25 heavy (non-hydrogen) atoms. The van der Waals surface area contributed by atoms with Crippen molar-refractivity contribution in [1.82, 2.24) is 5.32 Å². The van der Waals surface area contributed by atoms with Crippen molar-refractivity contribution in [2.75, 3.05) is 6.54 Å². The van der Waals surface area contributed by atoms with Gasteiger partial charge in [-0.15, -0.1) is 11.3 Å². The maximum absolute atomic E-state index is 12.3. The average molecular weight is 394 g/mol. The normalized spacial score (nSPS) is 12.0. The van der Waals surface area contributed by atoms with Gasteiger partial charge in [0.25, 0.3) is 5.91 Å². The number of nitrogens with one attached hydrogen (secondary N) is 1. The van der Waals surface area contributed by atoms with Crippen LogP contribution < -0.4 is 5.32 Å². The summed E-state index contributed by atoms with van der Waals surface area (Å²) in [6.07, 6.45) is 0.787. The summed E-state index contributed by atoms with van der Waals surface area (Å²) < 4.78 is 17.9. The summed E-state index contributed by atoms with van der Waals surface area (Å²) in [5.41, 5.74) is 0. The second-order valence-corrected chi connectivity index (χ2v) is 8.22. The highest BCUT2D eigenvalue weighted by molar-refractivity contribution is 7.84. The van der Waals surface area contributed by atoms with Crippen LogP contribution in [0.15, 0.2) is 63.2 Å². The summed E-state index contributed by atoms with van der Waals surface area (Å²) in [5, 5.41) is 5.37. The van der Waals surface area contributed by atoms with Crippen LogP contribution in [-0.4, -0.2) is 16.7 Å². The summed E-state index contributed by atoms with van der Waals surface area (Å²) in [5.74, 6) is 0.658. The number of furan rings is 1. The molecule has 0 fully saturated rings. The fourth-order valence-corrected chi connectivity index (χ4v) is 4.27. The van der Waals surface area contributed by atoms with Gasteiger partial charge in [-0.05, 0) is 48.2 Å². The topological polar surface area (TPSA) is 59.3 Å². The van der Waals surface area contributed by atoms with Gasteiger partial charge in [0.1, 0.15) is 5.76 Å². The first kappa shape index (κ1) is 17.9. The molecule has 1 amide bonds. The van der Waals surface area contributed by atoms with Gasteiger partial charge in [-0.3, -0.25) is 9.00 Å².